The summed E-state index contributed by atoms with van der Waals surface area (Å²) in [6.45, 7) is 3.81. The van der Waals surface area contributed by atoms with Crippen LogP contribution >= 0.6 is 0 Å². The molecule has 0 amide bonds. The fourth-order valence-electron chi connectivity index (χ4n) is 2.21. The summed E-state index contributed by atoms with van der Waals surface area (Å²) in [5.41, 5.74) is 2.53. The summed E-state index contributed by atoms with van der Waals surface area (Å²) in [6.07, 6.45) is 1.69. The summed E-state index contributed by atoms with van der Waals surface area (Å²) in [7, 11) is 1.93. The molecule has 0 atom stereocenters. The second-order valence-electron chi connectivity index (χ2n) is 4.77. The van der Waals surface area contributed by atoms with Gasteiger partial charge in [-0.05, 0) is 38.1 Å². The lowest BCUT2D eigenvalue weighted by Gasteiger charge is -2.19. The smallest absolute Gasteiger partial charge is 0.231 e. The number of benzene rings is 1. The molecule has 2 aromatic heterocycles. The van der Waals surface area contributed by atoms with Crippen molar-refractivity contribution in [1.29, 1.82) is 0 Å². The summed E-state index contributed by atoms with van der Waals surface area (Å²) in [5.74, 6) is 1.70. The van der Waals surface area contributed by atoms with Crippen molar-refractivity contribution in [3.05, 3.63) is 41.9 Å². The number of phenols is 1. The first kappa shape index (κ1) is 12.5. The number of furan rings is 1. The van der Waals surface area contributed by atoms with E-state index in [0.29, 0.717) is 11.5 Å². The van der Waals surface area contributed by atoms with Crippen LogP contribution in [0.1, 0.15) is 11.4 Å². The number of aromatic hydroxyl groups is 1. The third-order valence-corrected chi connectivity index (χ3v) is 3.26. The fraction of sp³-hybridized carbons (Fsp3) is 0.200. The molecule has 1 N–H and O–H groups in total. The van der Waals surface area contributed by atoms with Crippen LogP contribution in [0, 0.1) is 13.8 Å². The first-order chi connectivity index (χ1) is 9.56. The molecule has 0 aliphatic rings. The van der Waals surface area contributed by atoms with Crippen LogP contribution < -0.4 is 4.90 Å². The van der Waals surface area contributed by atoms with Crippen molar-refractivity contribution >= 4 is 22.6 Å². The van der Waals surface area contributed by atoms with Gasteiger partial charge in [0.05, 0.1) is 11.6 Å². The van der Waals surface area contributed by atoms with Gasteiger partial charge in [-0.15, -0.1) is 0 Å². The van der Waals surface area contributed by atoms with Gasteiger partial charge in [0, 0.05) is 18.3 Å². The third kappa shape index (κ3) is 1.97. The lowest BCUT2D eigenvalue weighted by Crippen LogP contribution is -2.12. The quantitative estimate of drug-likeness (QED) is 0.773. The van der Waals surface area contributed by atoms with E-state index in [2.05, 4.69) is 9.97 Å². The molecule has 5 nitrogen and oxygen atoms in total. The maximum Gasteiger partial charge on any atom is 0.231 e. The Morgan fingerprint density at radius 2 is 1.80 bits per heavy atom. The van der Waals surface area contributed by atoms with Crippen LogP contribution in [-0.4, -0.2) is 22.1 Å². The zero-order chi connectivity index (χ0) is 14.3. The molecule has 20 heavy (non-hydrogen) atoms. The van der Waals surface area contributed by atoms with Crippen molar-refractivity contribution in [1.82, 2.24) is 9.97 Å². The molecule has 2 heterocycles. The molecule has 0 fully saturated rings. The normalized spacial score (nSPS) is 10.9. The van der Waals surface area contributed by atoms with E-state index < -0.39 is 0 Å². The lowest BCUT2D eigenvalue weighted by atomic mass is 10.2. The molecule has 5 heteroatoms. The molecule has 0 bridgehead atoms. The Labute approximate surface area is 116 Å². The molecule has 0 radical (unpaired) electrons. The SMILES string of the molecule is Cc1nc(N(C)c2ccc(O)cc2)c2c(C)coc2n1. The fourth-order valence-corrected chi connectivity index (χ4v) is 2.21. The minimum absolute atomic E-state index is 0.241. The van der Waals surface area contributed by atoms with Crippen molar-refractivity contribution < 1.29 is 9.52 Å². The average molecular weight is 269 g/mol. The van der Waals surface area contributed by atoms with E-state index in [1.807, 2.05) is 37.9 Å². The van der Waals surface area contributed by atoms with Crippen LogP contribution in [0.25, 0.3) is 11.1 Å². The molecule has 0 saturated heterocycles. The zero-order valence-electron chi connectivity index (χ0n) is 11.6. The van der Waals surface area contributed by atoms with Crippen LogP contribution in [0.4, 0.5) is 11.5 Å². The van der Waals surface area contributed by atoms with E-state index >= 15 is 0 Å². The first-order valence-electron chi connectivity index (χ1n) is 6.31. The van der Waals surface area contributed by atoms with Gasteiger partial charge in [0.15, 0.2) is 0 Å². The number of hydrogen-bond donors (Lipinski definition) is 1. The van der Waals surface area contributed by atoms with Gasteiger partial charge in [-0.2, -0.15) is 4.98 Å². The Balaban J connectivity index is 2.17. The Bertz CT molecular complexity index is 763. The van der Waals surface area contributed by atoms with Gasteiger partial charge in [-0.1, -0.05) is 0 Å². The highest BCUT2D eigenvalue weighted by atomic mass is 16.3. The van der Waals surface area contributed by atoms with Gasteiger partial charge >= 0.3 is 0 Å². The highest BCUT2D eigenvalue weighted by molar-refractivity contribution is 5.91. The Hall–Kier alpha value is -2.56. The van der Waals surface area contributed by atoms with Gasteiger partial charge in [0.1, 0.15) is 17.4 Å². The van der Waals surface area contributed by atoms with Gasteiger partial charge < -0.3 is 14.4 Å². The van der Waals surface area contributed by atoms with E-state index in [-0.39, 0.29) is 5.75 Å². The second kappa shape index (κ2) is 4.52. The number of aromatic nitrogens is 2. The van der Waals surface area contributed by atoms with Crippen molar-refractivity contribution in [2.75, 3.05) is 11.9 Å². The van der Waals surface area contributed by atoms with Gasteiger partial charge in [-0.3, -0.25) is 0 Å². The molecule has 3 aromatic rings. The van der Waals surface area contributed by atoms with E-state index in [1.165, 1.54) is 0 Å². The highest BCUT2D eigenvalue weighted by Crippen LogP contribution is 2.32. The minimum atomic E-state index is 0.241. The number of rotatable bonds is 2. The predicted molar refractivity (Wildman–Crippen MR) is 77.4 cm³/mol. The average Bonchev–Trinajstić information content (AvgIpc) is 2.79. The molecule has 0 saturated carbocycles. The summed E-state index contributed by atoms with van der Waals surface area (Å²) in [5, 5.41) is 10.3. The van der Waals surface area contributed by atoms with Crippen LogP contribution in [0.3, 0.4) is 0 Å². The topological polar surface area (TPSA) is 62.4 Å². The number of phenolic OH excluding ortho intramolecular Hbond substituents is 1. The first-order valence-corrected chi connectivity index (χ1v) is 6.31. The summed E-state index contributed by atoms with van der Waals surface area (Å²) < 4.78 is 5.46. The molecular weight excluding hydrogens is 254 g/mol. The largest absolute Gasteiger partial charge is 0.508 e. The van der Waals surface area contributed by atoms with E-state index in [4.69, 9.17) is 4.42 Å². The zero-order valence-corrected chi connectivity index (χ0v) is 11.6. The maximum atomic E-state index is 9.38. The number of hydrogen-bond acceptors (Lipinski definition) is 5. The number of fused-ring (bicyclic) bond motifs is 1. The van der Waals surface area contributed by atoms with Crippen LogP contribution in [-0.2, 0) is 0 Å². The molecule has 102 valence electrons. The van der Waals surface area contributed by atoms with Crippen molar-refractivity contribution in [3.8, 4) is 5.75 Å². The second-order valence-corrected chi connectivity index (χ2v) is 4.77. The van der Waals surface area contributed by atoms with Gasteiger partial charge in [0.2, 0.25) is 5.71 Å². The third-order valence-electron chi connectivity index (χ3n) is 3.26. The standard InChI is InChI=1S/C15H15N3O2/c1-9-8-20-15-13(9)14(16-10(2)17-15)18(3)11-4-6-12(19)7-5-11/h4-8,19H,1-3H3. The number of nitrogens with zero attached hydrogens (tertiary/aromatic N) is 3. The Kier molecular flexibility index (Phi) is 2.82. The molecule has 1 aromatic carbocycles. The molecule has 0 aliphatic carbocycles. The summed E-state index contributed by atoms with van der Waals surface area (Å²) in [4.78, 5) is 10.8. The van der Waals surface area contributed by atoms with Crippen molar-refractivity contribution in [2.45, 2.75) is 13.8 Å². The van der Waals surface area contributed by atoms with E-state index in [1.54, 1.807) is 18.4 Å². The maximum absolute atomic E-state index is 9.38. The molecule has 0 spiro atoms. The predicted octanol–water partition coefficient (Wildman–Crippen LogP) is 3.31. The number of aryl methyl sites for hydroxylation is 2. The molecular formula is C15H15N3O2. The Morgan fingerprint density at radius 1 is 1.10 bits per heavy atom. The van der Waals surface area contributed by atoms with Crippen LogP contribution in [0.15, 0.2) is 34.9 Å². The van der Waals surface area contributed by atoms with Gasteiger partial charge in [-0.25, -0.2) is 4.98 Å². The highest BCUT2D eigenvalue weighted by Gasteiger charge is 2.16. The lowest BCUT2D eigenvalue weighted by molar-refractivity contribution is 0.475. The summed E-state index contributed by atoms with van der Waals surface area (Å²) >= 11 is 0. The van der Waals surface area contributed by atoms with Crippen molar-refractivity contribution in [3.63, 3.8) is 0 Å². The van der Waals surface area contributed by atoms with Crippen molar-refractivity contribution in [2.24, 2.45) is 0 Å². The summed E-state index contributed by atoms with van der Waals surface area (Å²) in [6, 6.07) is 6.99. The van der Waals surface area contributed by atoms with E-state index in [0.717, 1.165) is 22.5 Å². The Morgan fingerprint density at radius 3 is 2.50 bits per heavy atom. The van der Waals surface area contributed by atoms with Gasteiger partial charge in [0.25, 0.3) is 0 Å². The number of anilines is 2. The molecule has 0 unspecified atom stereocenters. The monoisotopic (exact) mass is 269 g/mol. The molecule has 0 aliphatic heterocycles. The van der Waals surface area contributed by atoms with Crippen LogP contribution in [0.2, 0.25) is 0 Å². The minimum Gasteiger partial charge on any atom is -0.508 e. The molecule has 3 rings (SSSR count). The van der Waals surface area contributed by atoms with Crippen LogP contribution in [0.5, 0.6) is 5.75 Å². The van der Waals surface area contributed by atoms with E-state index in [9.17, 15) is 5.11 Å².